The monoisotopic (exact) mass is 145 g/mol. The van der Waals surface area contributed by atoms with E-state index in [0.29, 0.717) is 0 Å². The minimum atomic E-state index is -0.444. The highest BCUT2D eigenvalue weighted by molar-refractivity contribution is 4.86. The second-order valence-corrected chi connectivity index (χ2v) is 3.05. The molecule has 60 valence electrons. The summed E-state index contributed by atoms with van der Waals surface area (Å²) in [5.74, 6) is 0. The van der Waals surface area contributed by atoms with E-state index in [0.717, 1.165) is 6.42 Å². The van der Waals surface area contributed by atoms with E-state index in [2.05, 4.69) is 0 Å². The molecule has 1 rings (SSSR count). The van der Waals surface area contributed by atoms with Crippen molar-refractivity contribution in [2.45, 2.75) is 44.6 Å². The van der Waals surface area contributed by atoms with E-state index in [-0.39, 0.29) is 18.2 Å². The molecule has 3 nitrogen and oxygen atoms in total. The van der Waals surface area contributed by atoms with E-state index in [1.54, 1.807) is 6.92 Å². The van der Waals surface area contributed by atoms with Crippen LogP contribution in [-0.2, 0) is 4.74 Å². The smallest absolute Gasteiger partial charge is 0.0986 e. The molecule has 1 aliphatic rings. The molecule has 0 radical (unpaired) electrons. The second-order valence-electron chi connectivity index (χ2n) is 3.05. The lowest BCUT2D eigenvalue weighted by Crippen LogP contribution is -2.38. The molecule has 3 N–H and O–H groups in total. The van der Waals surface area contributed by atoms with Crippen LogP contribution in [0.5, 0.6) is 0 Å². The Labute approximate surface area is 61.2 Å². The van der Waals surface area contributed by atoms with E-state index < -0.39 is 6.10 Å². The number of hydrogen-bond donors (Lipinski definition) is 2. The third kappa shape index (κ3) is 1.48. The molecular weight excluding hydrogens is 130 g/mol. The highest BCUT2D eigenvalue weighted by atomic mass is 16.5. The van der Waals surface area contributed by atoms with E-state index in [1.165, 1.54) is 0 Å². The van der Waals surface area contributed by atoms with Crippen molar-refractivity contribution < 1.29 is 9.84 Å². The van der Waals surface area contributed by atoms with Crippen molar-refractivity contribution in [3.8, 4) is 0 Å². The van der Waals surface area contributed by atoms with Gasteiger partial charge in [-0.1, -0.05) is 0 Å². The first-order valence-corrected chi connectivity index (χ1v) is 3.70. The summed E-state index contributed by atoms with van der Waals surface area (Å²) in [6.45, 7) is 3.69. The quantitative estimate of drug-likeness (QED) is 0.540. The van der Waals surface area contributed by atoms with Gasteiger partial charge < -0.3 is 15.6 Å². The van der Waals surface area contributed by atoms with Crippen molar-refractivity contribution in [2.75, 3.05) is 0 Å². The Morgan fingerprint density at radius 2 is 2.30 bits per heavy atom. The average Bonchev–Trinajstić information content (AvgIpc) is 2.10. The number of hydrogen-bond acceptors (Lipinski definition) is 3. The zero-order valence-corrected chi connectivity index (χ0v) is 6.45. The molecule has 3 heteroatoms. The molecule has 0 saturated carbocycles. The van der Waals surface area contributed by atoms with Crippen LogP contribution >= 0.6 is 0 Å². The third-order valence-electron chi connectivity index (χ3n) is 1.89. The van der Waals surface area contributed by atoms with Gasteiger partial charge in [-0.25, -0.2) is 0 Å². The SMILES string of the molecule is CC(O)[C@@H]1O[C@@H](C)C[C@H]1N. The highest BCUT2D eigenvalue weighted by Crippen LogP contribution is 2.20. The first-order chi connectivity index (χ1) is 4.61. The van der Waals surface area contributed by atoms with Gasteiger partial charge in [0, 0.05) is 6.04 Å². The second kappa shape index (κ2) is 2.86. The maximum absolute atomic E-state index is 9.14. The number of aliphatic hydroxyl groups is 1. The lowest BCUT2D eigenvalue weighted by molar-refractivity contribution is -0.0247. The fraction of sp³-hybridized carbons (Fsp3) is 1.00. The van der Waals surface area contributed by atoms with Crippen LogP contribution in [0.4, 0.5) is 0 Å². The van der Waals surface area contributed by atoms with Crippen LogP contribution in [0.25, 0.3) is 0 Å². The van der Waals surface area contributed by atoms with E-state index in [9.17, 15) is 0 Å². The summed E-state index contributed by atoms with van der Waals surface area (Å²) in [7, 11) is 0. The fourth-order valence-corrected chi connectivity index (χ4v) is 1.41. The molecule has 0 aromatic carbocycles. The molecule has 0 aromatic rings. The lowest BCUT2D eigenvalue weighted by Gasteiger charge is -2.17. The normalized spacial score (nSPS) is 43.8. The molecular formula is C7H15NO2. The predicted molar refractivity (Wildman–Crippen MR) is 38.6 cm³/mol. The Balaban J connectivity index is 2.46. The van der Waals surface area contributed by atoms with Crippen LogP contribution in [0.1, 0.15) is 20.3 Å². The van der Waals surface area contributed by atoms with Crippen molar-refractivity contribution in [1.82, 2.24) is 0 Å². The van der Waals surface area contributed by atoms with Crippen LogP contribution in [0.2, 0.25) is 0 Å². The zero-order valence-electron chi connectivity index (χ0n) is 6.45. The molecule has 0 bridgehead atoms. The van der Waals surface area contributed by atoms with Gasteiger partial charge >= 0.3 is 0 Å². The van der Waals surface area contributed by atoms with E-state index in [1.807, 2.05) is 6.92 Å². The zero-order chi connectivity index (χ0) is 7.72. The maximum atomic E-state index is 9.14. The molecule has 10 heavy (non-hydrogen) atoms. The van der Waals surface area contributed by atoms with Crippen LogP contribution < -0.4 is 5.73 Å². The van der Waals surface area contributed by atoms with Crippen molar-refractivity contribution in [3.63, 3.8) is 0 Å². The van der Waals surface area contributed by atoms with Gasteiger partial charge in [0.25, 0.3) is 0 Å². The first-order valence-electron chi connectivity index (χ1n) is 3.70. The van der Waals surface area contributed by atoms with Gasteiger partial charge in [-0.2, -0.15) is 0 Å². The molecule has 1 aliphatic heterocycles. The maximum Gasteiger partial charge on any atom is 0.0986 e. The Morgan fingerprint density at radius 3 is 2.50 bits per heavy atom. The van der Waals surface area contributed by atoms with Crippen molar-refractivity contribution in [1.29, 1.82) is 0 Å². The molecule has 1 saturated heterocycles. The first kappa shape index (κ1) is 7.98. The van der Waals surface area contributed by atoms with Crippen LogP contribution in [0.3, 0.4) is 0 Å². The molecule has 4 atom stereocenters. The number of nitrogens with two attached hydrogens (primary N) is 1. The van der Waals surface area contributed by atoms with Gasteiger partial charge in [-0.3, -0.25) is 0 Å². The molecule has 0 aromatic heterocycles. The minimum absolute atomic E-state index is 0.00926. The van der Waals surface area contributed by atoms with Gasteiger partial charge in [0.1, 0.15) is 0 Å². The van der Waals surface area contributed by atoms with Gasteiger partial charge in [0.15, 0.2) is 0 Å². The predicted octanol–water partition coefficient (Wildman–Crippen LogP) is -0.128. The van der Waals surface area contributed by atoms with Crippen molar-refractivity contribution in [2.24, 2.45) is 5.73 Å². The molecule has 1 heterocycles. The summed E-state index contributed by atoms with van der Waals surface area (Å²) < 4.78 is 5.36. The van der Waals surface area contributed by atoms with Gasteiger partial charge in [0.2, 0.25) is 0 Å². The molecule has 0 aliphatic carbocycles. The Bertz CT molecular complexity index is 116. The number of ether oxygens (including phenoxy) is 1. The Morgan fingerprint density at radius 1 is 1.70 bits per heavy atom. The number of aliphatic hydroxyl groups excluding tert-OH is 1. The summed E-state index contributed by atoms with van der Waals surface area (Å²) in [6, 6.07) is 0.00926. The summed E-state index contributed by atoms with van der Waals surface area (Å²) in [4.78, 5) is 0. The Kier molecular flexibility index (Phi) is 2.28. The largest absolute Gasteiger partial charge is 0.391 e. The summed E-state index contributed by atoms with van der Waals surface area (Å²) in [5.41, 5.74) is 5.69. The lowest BCUT2D eigenvalue weighted by atomic mass is 10.1. The highest BCUT2D eigenvalue weighted by Gasteiger charge is 2.32. The summed E-state index contributed by atoms with van der Waals surface area (Å²) in [6.07, 6.45) is 0.458. The molecule has 1 fully saturated rings. The average molecular weight is 145 g/mol. The van der Waals surface area contributed by atoms with Gasteiger partial charge in [-0.15, -0.1) is 0 Å². The summed E-state index contributed by atoms with van der Waals surface area (Å²) in [5, 5.41) is 9.14. The van der Waals surface area contributed by atoms with E-state index >= 15 is 0 Å². The van der Waals surface area contributed by atoms with E-state index in [4.69, 9.17) is 15.6 Å². The molecule has 0 spiro atoms. The standard InChI is InChI=1S/C7H15NO2/c1-4-3-6(8)7(10-4)5(2)9/h4-7,9H,3,8H2,1-2H3/t4-,5?,6+,7-/m0/s1. The summed E-state index contributed by atoms with van der Waals surface area (Å²) >= 11 is 0. The van der Waals surface area contributed by atoms with Crippen LogP contribution in [0.15, 0.2) is 0 Å². The minimum Gasteiger partial charge on any atom is -0.391 e. The van der Waals surface area contributed by atoms with Crippen molar-refractivity contribution >= 4 is 0 Å². The van der Waals surface area contributed by atoms with Crippen LogP contribution in [-0.4, -0.2) is 29.5 Å². The number of rotatable bonds is 1. The van der Waals surface area contributed by atoms with Crippen LogP contribution in [0, 0.1) is 0 Å². The van der Waals surface area contributed by atoms with Gasteiger partial charge in [0.05, 0.1) is 18.3 Å². The van der Waals surface area contributed by atoms with Crippen molar-refractivity contribution in [3.05, 3.63) is 0 Å². The topological polar surface area (TPSA) is 55.5 Å². The van der Waals surface area contributed by atoms with Gasteiger partial charge in [-0.05, 0) is 20.3 Å². The third-order valence-corrected chi connectivity index (χ3v) is 1.89. The molecule has 0 amide bonds. The Hall–Kier alpha value is -0.120. The fourth-order valence-electron chi connectivity index (χ4n) is 1.41. The molecule has 1 unspecified atom stereocenters.